The first kappa shape index (κ1) is 8.17. The molecule has 1 heterocycles. The fraction of sp³-hybridized carbons (Fsp3) is 0.571. The summed E-state index contributed by atoms with van der Waals surface area (Å²) < 4.78 is 24.9. The summed E-state index contributed by atoms with van der Waals surface area (Å²) in [5.74, 6) is 0. The Morgan fingerprint density at radius 1 is 1.64 bits per heavy atom. The number of alkyl halides is 2. The molecule has 2 nitrogen and oxygen atoms in total. The third-order valence-corrected chi connectivity index (χ3v) is 1.34. The van der Waals surface area contributed by atoms with Crippen molar-refractivity contribution in [1.29, 1.82) is 0 Å². The highest BCUT2D eigenvalue weighted by atomic mass is 19.3. The van der Waals surface area contributed by atoms with E-state index in [1.54, 1.807) is 12.4 Å². The first-order valence-corrected chi connectivity index (χ1v) is 3.45. The van der Waals surface area contributed by atoms with Crippen molar-refractivity contribution in [3.8, 4) is 0 Å². The standard InChI is InChI=1S/C7H10F2N2/c1-6-4-10-11(5-6)3-2-7(8)9/h4-5,7H,2-3H2,1H3. The molecule has 1 aromatic rings. The maximum absolute atomic E-state index is 11.7. The average Bonchev–Trinajstić information content (AvgIpc) is 2.31. The van der Waals surface area contributed by atoms with E-state index < -0.39 is 6.43 Å². The summed E-state index contributed by atoms with van der Waals surface area (Å²) in [6.45, 7) is 2.18. The molecule has 62 valence electrons. The van der Waals surface area contributed by atoms with Gasteiger partial charge < -0.3 is 0 Å². The molecule has 0 N–H and O–H groups in total. The number of hydrogen-bond donors (Lipinski definition) is 0. The van der Waals surface area contributed by atoms with Crippen molar-refractivity contribution < 1.29 is 8.78 Å². The van der Waals surface area contributed by atoms with E-state index in [1.165, 1.54) is 4.68 Å². The fourth-order valence-corrected chi connectivity index (χ4v) is 0.819. The van der Waals surface area contributed by atoms with Crippen LogP contribution in [0.15, 0.2) is 12.4 Å². The van der Waals surface area contributed by atoms with Crippen LogP contribution in [0, 0.1) is 6.92 Å². The monoisotopic (exact) mass is 160 g/mol. The zero-order chi connectivity index (χ0) is 8.27. The number of aromatic nitrogens is 2. The lowest BCUT2D eigenvalue weighted by Crippen LogP contribution is -2.02. The number of nitrogens with zero attached hydrogens (tertiary/aromatic N) is 2. The average molecular weight is 160 g/mol. The molecule has 0 aliphatic carbocycles. The van der Waals surface area contributed by atoms with E-state index >= 15 is 0 Å². The first-order valence-electron chi connectivity index (χ1n) is 3.45. The summed E-state index contributed by atoms with van der Waals surface area (Å²) in [5.41, 5.74) is 0.999. The SMILES string of the molecule is Cc1cnn(CCC(F)F)c1. The summed E-state index contributed by atoms with van der Waals surface area (Å²) >= 11 is 0. The maximum atomic E-state index is 11.7. The van der Waals surface area contributed by atoms with Crippen LogP contribution in [0.4, 0.5) is 8.78 Å². The lowest BCUT2D eigenvalue weighted by atomic mass is 10.4. The molecule has 0 fully saturated rings. The summed E-state index contributed by atoms with van der Waals surface area (Å²) in [6.07, 6.45) is 1.05. The molecule has 0 bridgehead atoms. The van der Waals surface area contributed by atoms with Crippen molar-refractivity contribution >= 4 is 0 Å². The Labute approximate surface area is 63.8 Å². The third kappa shape index (κ3) is 2.65. The number of aryl methyl sites for hydroxylation is 2. The van der Waals surface area contributed by atoms with Gasteiger partial charge in [-0.1, -0.05) is 0 Å². The van der Waals surface area contributed by atoms with Crippen LogP contribution in [0.1, 0.15) is 12.0 Å². The van der Waals surface area contributed by atoms with Crippen LogP contribution in [0.3, 0.4) is 0 Å². The molecular formula is C7H10F2N2. The Kier molecular flexibility index (Phi) is 2.57. The molecule has 0 spiro atoms. The lowest BCUT2D eigenvalue weighted by molar-refractivity contribution is 0.130. The molecule has 11 heavy (non-hydrogen) atoms. The topological polar surface area (TPSA) is 17.8 Å². The molecule has 0 atom stereocenters. The molecule has 0 saturated heterocycles. The first-order chi connectivity index (χ1) is 5.18. The van der Waals surface area contributed by atoms with Gasteiger partial charge in [0.05, 0.1) is 6.20 Å². The molecule has 0 saturated carbocycles. The Bertz CT molecular complexity index is 220. The Balaban J connectivity index is 2.39. The van der Waals surface area contributed by atoms with Crippen molar-refractivity contribution in [2.45, 2.75) is 26.3 Å². The Morgan fingerprint density at radius 2 is 2.36 bits per heavy atom. The second kappa shape index (κ2) is 3.46. The highest BCUT2D eigenvalue weighted by Crippen LogP contribution is 2.02. The van der Waals surface area contributed by atoms with E-state index in [2.05, 4.69) is 5.10 Å². The second-order valence-electron chi connectivity index (χ2n) is 2.46. The molecule has 1 rings (SSSR count). The Hall–Kier alpha value is -0.930. The van der Waals surface area contributed by atoms with Crippen molar-refractivity contribution in [2.24, 2.45) is 0 Å². The van der Waals surface area contributed by atoms with E-state index in [1.807, 2.05) is 6.92 Å². The van der Waals surface area contributed by atoms with E-state index in [-0.39, 0.29) is 6.42 Å². The van der Waals surface area contributed by atoms with E-state index in [4.69, 9.17) is 0 Å². The predicted molar refractivity (Wildman–Crippen MR) is 37.6 cm³/mol. The van der Waals surface area contributed by atoms with Gasteiger partial charge in [-0.25, -0.2) is 8.78 Å². The van der Waals surface area contributed by atoms with Gasteiger partial charge in [-0.3, -0.25) is 4.68 Å². The molecule has 0 aliphatic heterocycles. The summed E-state index contributed by atoms with van der Waals surface area (Å²) in [6, 6.07) is 0. The minimum atomic E-state index is -2.24. The fourth-order valence-electron chi connectivity index (χ4n) is 0.819. The molecular weight excluding hydrogens is 150 g/mol. The smallest absolute Gasteiger partial charge is 0.240 e. The van der Waals surface area contributed by atoms with Crippen LogP contribution < -0.4 is 0 Å². The van der Waals surface area contributed by atoms with E-state index in [0.29, 0.717) is 6.54 Å². The zero-order valence-corrected chi connectivity index (χ0v) is 6.30. The van der Waals surface area contributed by atoms with Gasteiger partial charge in [-0.2, -0.15) is 5.10 Å². The molecule has 1 aromatic heterocycles. The number of hydrogen-bond acceptors (Lipinski definition) is 1. The zero-order valence-electron chi connectivity index (χ0n) is 6.30. The quantitative estimate of drug-likeness (QED) is 0.659. The number of rotatable bonds is 3. The highest BCUT2D eigenvalue weighted by molar-refractivity contribution is 4.99. The van der Waals surface area contributed by atoms with Gasteiger partial charge >= 0.3 is 0 Å². The van der Waals surface area contributed by atoms with Gasteiger partial charge in [0.1, 0.15) is 0 Å². The molecule has 0 aliphatic rings. The second-order valence-corrected chi connectivity index (χ2v) is 2.46. The van der Waals surface area contributed by atoms with Crippen molar-refractivity contribution in [2.75, 3.05) is 0 Å². The van der Waals surface area contributed by atoms with Gasteiger partial charge in [0.15, 0.2) is 0 Å². The summed E-state index contributed by atoms with van der Waals surface area (Å²) in [7, 11) is 0. The van der Waals surface area contributed by atoms with Crippen LogP contribution in [0.2, 0.25) is 0 Å². The lowest BCUT2D eigenvalue weighted by Gasteiger charge is -1.98. The molecule has 0 aromatic carbocycles. The van der Waals surface area contributed by atoms with Crippen LogP contribution in [0.25, 0.3) is 0 Å². The van der Waals surface area contributed by atoms with E-state index in [9.17, 15) is 8.78 Å². The van der Waals surface area contributed by atoms with Crippen LogP contribution in [0.5, 0.6) is 0 Å². The minimum Gasteiger partial charge on any atom is -0.272 e. The summed E-state index contributed by atoms with van der Waals surface area (Å²) in [4.78, 5) is 0. The Morgan fingerprint density at radius 3 is 2.82 bits per heavy atom. The predicted octanol–water partition coefficient (Wildman–Crippen LogP) is 1.85. The largest absolute Gasteiger partial charge is 0.272 e. The summed E-state index contributed by atoms with van der Waals surface area (Å²) in [5, 5.41) is 3.87. The molecule has 0 amide bonds. The maximum Gasteiger partial charge on any atom is 0.240 e. The third-order valence-electron chi connectivity index (χ3n) is 1.34. The van der Waals surface area contributed by atoms with Crippen molar-refractivity contribution in [3.05, 3.63) is 18.0 Å². The van der Waals surface area contributed by atoms with Crippen LogP contribution in [-0.2, 0) is 6.54 Å². The molecule has 0 radical (unpaired) electrons. The van der Waals surface area contributed by atoms with Crippen molar-refractivity contribution in [3.63, 3.8) is 0 Å². The number of halogens is 2. The van der Waals surface area contributed by atoms with Gasteiger partial charge in [0.25, 0.3) is 0 Å². The van der Waals surface area contributed by atoms with Gasteiger partial charge in [-0.05, 0) is 12.5 Å². The highest BCUT2D eigenvalue weighted by Gasteiger charge is 2.02. The van der Waals surface area contributed by atoms with E-state index in [0.717, 1.165) is 5.56 Å². The van der Waals surface area contributed by atoms with Crippen molar-refractivity contribution in [1.82, 2.24) is 9.78 Å². The molecule has 4 heteroatoms. The van der Waals surface area contributed by atoms with Gasteiger partial charge in [0.2, 0.25) is 6.43 Å². The van der Waals surface area contributed by atoms with Crippen LogP contribution in [-0.4, -0.2) is 16.2 Å². The molecule has 0 unspecified atom stereocenters. The normalized spacial score (nSPS) is 10.9. The minimum absolute atomic E-state index is 0.124. The van der Waals surface area contributed by atoms with Gasteiger partial charge in [-0.15, -0.1) is 0 Å². The van der Waals surface area contributed by atoms with Gasteiger partial charge in [0, 0.05) is 19.2 Å². The van der Waals surface area contributed by atoms with Crippen LogP contribution >= 0.6 is 0 Å².